The molecule has 0 amide bonds. The van der Waals surface area contributed by atoms with Crippen LogP contribution in [0.4, 0.5) is 21.6 Å². The topological polar surface area (TPSA) is 39.7 Å². The van der Waals surface area contributed by atoms with Crippen molar-refractivity contribution >= 4 is 21.0 Å². The molecule has 5 nitrogen and oxygen atoms in total. The van der Waals surface area contributed by atoms with Crippen molar-refractivity contribution in [2.24, 2.45) is 0 Å². The van der Waals surface area contributed by atoms with Crippen molar-refractivity contribution in [2.45, 2.75) is 13.8 Å². The van der Waals surface area contributed by atoms with Crippen molar-refractivity contribution in [3.8, 4) is 0 Å². The molecule has 2 aliphatic heterocycles. The Morgan fingerprint density at radius 3 is 2.43 bits per heavy atom. The Hall–Kier alpha value is -1.90. The number of rotatable bonds is 3. The van der Waals surface area contributed by atoms with Gasteiger partial charge in [0, 0.05) is 6.20 Å². The summed E-state index contributed by atoms with van der Waals surface area (Å²) in [4.78, 5) is 22.7. The maximum Gasteiger partial charge on any atom is -0.00817 e. The first-order valence-corrected chi connectivity index (χ1v) is 12.2. The largest absolute Gasteiger partial charge is 0.0512 e. The Morgan fingerprint density at radius 2 is 1.75 bits per heavy atom. The number of piperazine rings is 1. The molecule has 2 aliphatic rings. The van der Waals surface area contributed by atoms with Gasteiger partial charge in [-0.25, -0.2) is 4.98 Å². The molecular weight excluding hydrogens is 470 g/mol. The minimum atomic E-state index is -0.344. The van der Waals surface area contributed by atoms with Gasteiger partial charge in [-0.05, 0) is 25.0 Å². The Bertz CT molecular complexity index is 883. The molecule has 2 saturated heterocycles. The monoisotopic (exact) mass is 495 g/mol. The normalized spacial score (nSPS) is 18.2. The van der Waals surface area contributed by atoms with Gasteiger partial charge in [0.25, 0.3) is 0 Å². The predicted octanol–water partition coefficient (Wildman–Crippen LogP) is -0.400. The third-order valence-corrected chi connectivity index (χ3v) is 7.53. The zero-order valence-corrected chi connectivity index (χ0v) is 18.4. The molecule has 0 bridgehead atoms. The van der Waals surface area contributed by atoms with E-state index in [-0.39, 0.29) is 27.0 Å². The van der Waals surface area contributed by atoms with Gasteiger partial charge in [0.1, 0.15) is 0 Å². The first-order valence-electron chi connectivity index (χ1n) is 9.61. The van der Waals surface area contributed by atoms with E-state index in [1.165, 1.54) is 11.1 Å². The fourth-order valence-electron chi connectivity index (χ4n) is 3.89. The van der Waals surface area contributed by atoms with Crippen LogP contribution in [0.25, 0.3) is 0 Å². The van der Waals surface area contributed by atoms with E-state index in [4.69, 9.17) is 0 Å². The van der Waals surface area contributed by atoms with Crippen LogP contribution < -0.4 is 35.9 Å². The number of hydrogen-bond acceptors (Lipinski definition) is 5. The van der Waals surface area contributed by atoms with E-state index in [0.717, 1.165) is 48.7 Å². The molecular formula is C21H25FIN4O-. The summed E-state index contributed by atoms with van der Waals surface area (Å²) in [6.07, 6.45) is 1.91. The van der Waals surface area contributed by atoms with E-state index >= 15 is 0 Å². The summed E-state index contributed by atoms with van der Waals surface area (Å²) in [7, 11) is 0. The molecule has 0 unspecified atom stereocenters. The number of benzene rings is 1. The number of carbonyl (C=O) groups is 1. The number of nitrogens with zero attached hydrogens (tertiary/aromatic N) is 4. The molecule has 4 rings (SSSR count). The summed E-state index contributed by atoms with van der Waals surface area (Å²) in [6.45, 7) is 8.71. The summed E-state index contributed by atoms with van der Waals surface area (Å²) in [5.41, 5.74) is 3.83. The molecule has 0 radical (unpaired) electrons. The maximum atomic E-state index is 14.8. The van der Waals surface area contributed by atoms with Crippen molar-refractivity contribution in [3.63, 3.8) is 0 Å². The summed E-state index contributed by atoms with van der Waals surface area (Å²) in [5, 5.41) is 0. The molecule has 0 saturated carbocycles. The zero-order chi connectivity index (χ0) is 19.7. The third-order valence-electron chi connectivity index (χ3n) is 5.32. The summed E-state index contributed by atoms with van der Waals surface area (Å²) < 4.78 is 16.0. The molecule has 0 N–H and O–H groups in total. The van der Waals surface area contributed by atoms with Crippen LogP contribution in [0.3, 0.4) is 0 Å². The van der Waals surface area contributed by atoms with Crippen molar-refractivity contribution in [1.82, 2.24) is 4.98 Å². The predicted molar refractivity (Wildman–Crippen MR) is 107 cm³/mol. The van der Waals surface area contributed by atoms with E-state index < -0.39 is 0 Å². The Balaban J connectivity index is 1.43. The van der Waals surface area contributed by atoms with Gasteiger partial charge in [0.05, 0.1) is 0 Å². The average Bonchev–Trinajstić information content (AvgIpc) is 2.68. The first-order chi connectivity index (χ1) is 13.5. The Morgan fingerprint density at radius 1 is 1.00 bits per heavy atom. The Labute approximate surface area is 175 Å². The van der Waals surface area contributed by atoms with E-state index in [0.29, 0.717) is 16.0 Å². The molecule has 2 aromatic rings. The number of halogens is 2. The smallest absolute Gasteiger partial charge is 0.00817 e. The SMILES string of the molecule is Cc1cnc(N2CCN(c3ccc(N4CC[I-]C(=O)C4)c(F)c3)CC2)c(C)c1. The number of aromatic nitrogens is 1. The quantitative estimate of drug-likeness (QED) is 0.330. The van der Waals surface area contributed by atoms with Gasteiger partial charge in [-0.15, -0.1) is 0 Å². The number of aryl methyl sites for hydroxylation is 2. The van der Waals surface area contributed by atoms with Gasteiger partial charge in [-0.2, -0.15) is 0 Å². The van der Waals surface area contributed by atoms with E-state index in [9.17, 15) is 9.18 Å². The van der Waals surface area contributed by atoms with E-state index in [1.807, 2.05) is 23.2 Å². The molecule has 2 fully saturated rings. The van der Waals surface area contributed by atoms with Crippen LogP contribution in [0, 0.1) is 19.7 Å². The van der Waals surface area contributed by atoms with E-state index in [1.54, 1.807) is 6.07 Å². The minimum Gasteiger partial charge on any atom is -0.0512 e. The summed E-state index contributed by atoms with van der Waals surface area (Å²) >= 11 is -0.344. The van der Waals surface area contributed by atoms with E-state index in [2.05, 4.69) is 34.7 Å². The fraction of sp³-hybridized carbons (Fsp3) is 0.429. The van der Waals surface area contributed by atoms with Gasteiger partial charge in [-0.1, -0.05) is 6.07 Å². The zero-order valence-electron chi connectivity index (χ0n) is 16.3. The minimum absolute atomic E-state index is 0.233. The van der Waals surface area contributed by atoms with Gasteiger partial charge < -0.3 is 0 Å². The molecule has 3 heterocycles. The second-order valence-corrected chi connectivity index (χ2v) is 10.4. The van der Waals surface area contributed by atoms with Crippen molar-refractivity contribution < 1.29 is 30.4 Å². The van der Waals surface area contributed by atoms with Crippen LogP contribution in [-0.4, -0.2) is 52.5 Å². The molecule has 28 heavy (non-hydrogen) atoms. The number of carbonyl (C=O) groups excluding carboxylic acids is 1. The van der Waals surface area contributed by atoms with Crippen LogP contribution in [-0.2, 0) is 4.79 Å². The van der Waals surface area contributed by atoms with Crippen molar-refractivity contribution in [2.75, 3.05) is 58.4 Å². The number of hydrogen-bond donors (Lipinski definition) is 0. The van der Waals surface area contributed by atoms with Gasteiger partial charge in [-0.3, -0.25) is 0 Å². The second-order valence-electron chi connectivity index (χ2n) is 7.36. The van der Waals surface area contributed by atoms with Gasteiger partial charge >= 0.3 is 134 Å². The number of anilines is 3. The van der Waals surface area contributed by atoms with Gasteiger partial charge in [0.15, 0.2) is 0 Å². The van der Waals surface area contributed by atoms with Crippen LogP contribution in [0.1, 0.15) is 11.1 Å². The summed E-state index contributed by atoms with van der Waals surface area (Å²) in [6, 6.07) is 7.60. The number of pyridine rings is 1. The molecule has 0 atom stereocenters. The molecule has 7 heteroatoms. The van der Waals surface area contributed by atoms with Gasteiger partial charge in [0.2, 0.25) is 0 Å². The fourth-order valence-corrected chi connectivity index (χ4v) is 5.97. The third kappa shape index (κ3) is 4.09. The Kier molecular flexibility index (Phi) is 5.70. The van der Waals surface area contributed by atoms with Crippen LogP contribution in [0.5, 0.6) is 0 Å². The second kappa shape index (κ2) is 8.23. The van der Waals surface area contributed by atoms with Crippen LogP contribution in [0.2, 0.25) is 0 Å². The van der Waals surface area contributed by atoms with Crippen LogP contribution >= 0.6 is 0 Å². The maximum absolute atomic E-state index is 14.8. The van der Waals surface area contributed by atoms with Crippen molar-refractivity contribution in [3.05, 3.63) is 47.4 Å². The average molecular weight is 495 g/mol. The molecule has 1 aromatic heterocycles. The molecule has 0 spiro atoms. The first kappa shape index (κ1) is 19.4. The summed E-state index contributed by atoms with van der Waals surface area (Å²) in [5.74, 6) is 0.813. The van der Waals surface area contributed by atoms with Crippen LogP contribution in [0.15, 0.2) is 30.5 Å². The molecule has 0 aliphatic carbocycles. The standard InChI is InChI=1S/C21H25FIN4O/c1-15-11-16(2)21(24-13-15)26-9-7-25(8-10-26)17-3-4-19(18(22)12-17)27-6-5-23-20(28)14-27/h3-4,11-13H,5-10,14H2,1-2H3/q-1. The van der Waals surface area contributed by atoms with Crippen molar-refractivity contribution in [1.29, 1.82) is 0 Å². The number of alkyl halides is 1. The molecule has 150 valence electrons. The molecule has 1 aromatic carbocycles.